The van der Waals surface area contributed by atoms with E-state index in [1.807, 2.05) is 12.1 Å². The van der Waals surface area contributed by atoms with Gasteiger partial charge in [0.25, 0.3) is 0 Å². The molecule has 0 radical (unpaired) electrons. The Morgan fingerprint density at radius 3 is 2.45 bits per heavy atom. The maximum Gasteiger partial charge on any atom is 0.123 e. The van der Waals surface area contributed by atoms with E-state index >= 15 is 0 Å². The van der Waals surface area contributed by atoms with Gasteiger partial charge in [-0.15, -0.1) is 11.3 Å². The van der Waals surface area contributed by atoms with Crippen molar-refractivity contribution in [1.29, 1.82) is 0 Å². The van der Waals surface area contributed by atoms with E-state index in [1.165, 1.54) is 4.88 Å². The van der Waals surface area contributed by atoms with Gasteiger partial charge < -0.3 is 15.1 Å². The van der Waals surface area contributed by atoms with Crippen LogP contribution in [0.2, 0.25) is 0 Å². The number of rotatable bonds is 5. The van der Waals surface area contributed by atoms with Gasteiger partial charge in [0.1, 0.15) is 5.75 Å². The maximum atomic E-state index is 10.0. The first-order valence-corrected chi connectivity index (χ1v) is 7.67. The normalized spacial score (nSPS) is 12.7. The van der Waals surface area contributed by atoms with Gasteiger partial charge in [-0.25, -0.2) is 0 Å². The highest BCUT2D eigenvalue weighted by molar-refractivity contribution is 7.09. The zero-order chi connectivity index (χ0) is 14.7. The molecule has 0 spiro atoms. The van der Waals surface area contributed by atoms with Crippen LogP contribution in [0.3, 0.4) is 0 Å². The Morgan fingerprint density at radius 1 is 1.20 bits per heavy atom. The quantitative estimate of drug-likeness (QED) is 0.877. The second kappa shape index (κ2) is 6.29. The molecule has 108 valence electrons. The van der Waals surface area contributed by atoms with E-state index in [4.69, 9.17) is 0 Å². The standard InChI is InChI=1S/C16H21NO2S/c1-11(2)17(10-14-5-4-8-20-14)13-6-7-15(12(3)18)16(19)9-13/h4-9,11-12,18-19H,10H2,1-3H3. The van der Waals surface area contributed by atoms with Crippen molar-refractivity contribution in [3.8, 4) is 5.75 Å². The van der Waals surface area contributed by atoms with Crippen LogP contribution in [0.1, 0.15) is 37.3 Å². The summed E-state index contributed by atoms with van der Waals surface area (Å²) in [7, 11) is 0. The van der Waals surface area contributed by atoms with E-state index in [2.05, 4.69) is 30.2 Å². The summed E-state index contributed by atoms with van der Waals surface area (Å²) >= 11 is 1.73. The lowest BCUT2D eigenvalue weighted by molar-refractivity contribution is 0.195. The van der Waals surface area contributed by atoms with Gasteiger partial charge >= 0.3 is 0 Å². The largest absolute Gasteiger partial charge is 0.507 e. The molecule has 0 aliphatic rings. The minimum Gasteiger partial charge on any atom is -0.507 e. The number of benzene rings is 1. The second-order valence-corrected chi connectivity index (χ2v) is 6.25. The monoisotopic (exact) mass is 291 g/mol. The van der Waals surface area contributed by atoms with E-state index in [0.717, 1.165) is 12.2 Å². The molecule has 0 aliphatic carbocycles. The molecule has 0 amide bonds. The first-order chi connectivity index (χ1) is 9.49. The summed E-state index contributed by atoms with van der Waals surface area (Å²) < 4.78 is 0. The molecule has 1 atom stereocenters. The van der Waals surface area contributed by atoms with Gasteiger partial charge in [0.15, 0.2) is 0 Å². The van der Waals surface area contributed by atoms with E-state index in [0.29, 0.717) is 11.6 Å². The first kappa shape index (κ1) is 14.9. The van der Waals surface area contributed by atoms with Crippen LogP contribution in [0.15, 0.2) is 35.7 Å². The smallest absolute Gasteiger partial charge is 0.123 e. The van der Waals surface area contributed by atoms with Crippen molar-refractivity contribution < 1.29 is 10.2 Å². The van der Waals surface area contributed by atoms with E-state index in [1.54, 1.807) is 30.4 Å². The number of aromatic hydroxyl groups is 1. The van der Waals surface area contributed by atoms with Crippen molar-refractivity contribution in [1.82, 2.24) is 0 Å². The van der Waals surface area contributed by atoms with Crippen molar-refractivity contribution in [2.24, 2.45) is 0 Å². The molecule has 2 rings (SSSR count). The molecular weight excluding hydrogens is 270 g/mol. The van der Waals surface area contributed by atoms with Crippen LogP contribution < -0.4 is 4.90 Å². The predicted octanol–water partition coefficient (Wildman–Crippen LogP) is 3.92. The molecule has 4 heteroatoms. The fraction of sp³-hybridized carbons (Fsp3) is 0.375. The molecule has 3 nitrogen and oxygen atoms in total. The molecule has 1 aromatic heterocycles. The molecule has 0 saturated carbocycles. The molecule has 2 aromatic rings. The number of thiophene rings is 1. The molecular formula is C16H21NO2S. The summed E-state index contributed by atoms with van der Waals surface area (Å²) in [5.41, 5.74) is 1.53. The van der Waals surface area contributed by atoms with Crippen LogP contribution >= 0.6 is 11.3 Å². The van der Waals surface area contributed by atoms with Crippen LogP contribution in [0.25, 0.3) is 0 Å². The Kier molecular flexibility index (Phi) is 4.68. The third-order valence-corrected chi connectivity index (χ3v) is 4.19. The summed E-state index contributed by atoms with van der Waals surface area (Å²) in [6.45, 7) is 6.74. The fourth-order valence-electron chi connectivity index (χ4n) is 2.21. The molecule has 0 fully saturated rings. The number of anilines is 1. The van der Waals surface area contributed by atoms with Gasteiger partial charge in [0, 0.05) is 28.2 Å². The van der Waals surface area contributed by atoms with Gasteiger partial charge in [0.05, 0.1) is 12.6 Å². The SMILES string of the molecule is CC(O)c1ccc(N(Cc2cccs2)C(C)C)cc1O. The van der Waals surface area contributed by atoms with Crippen LogP contribution in [-0.2, 0) is 6.54 Å². The van der Waals surface area contributed by atoms with Crippen LogP contribution in [-0.4, -0.2) is 16.3 Å². The topological polar surface area (TPSA) is 43.7 Å². The molecule has 0 saturated heterocycles. The third kappa shape index (κ3) is 3.32. The van der Waals surface area contributed by atoms with Crippen LogP contribution in [0.5, 0.6) is 5.75 Å². The lowest BCUT2D eigenvalue weighted by Crippen LogP contribution is -2.29. The number of hydrogen-bond donors (Lipinski definition) is 2. The van der Waals surface area contributed by atoms with Gasteiger partial charge in [-0.05, 0) is 38.3 Å². The Balaban J connectivity index is 2.28. The minimum atomic E-state index is -0.658. The number of phenols is 1. The Hall–Kier alpha value is -1.52. The number of phenolic OH excluding ortho intramolecular Hbond substituents is 1. The number of aliphatic hydroxyl groups is 1. The molecule has 0 aliphatic heterocycles. The van der Waals surface area contributed by atoms with Crippen LogP contribution in [0.4, 0.5) is 5.69 Å². The maximum absolute atomic E-state index is 10.0. The van der Waals surface area contributed by atoms with Crippen molar-refractivity contribution in [3.05, 3.63) is 46.2 Å². The van der Waals surface area contributed by atoms with Gasteiger partial charge in [-0.1, -0.05) is 12.1 Å². The molecule has 20 heavy (non-hydrogen) atoms. The molecule has 1 aromatic carbocycles. The minimum absolute atomic E-state index is 0.148. The molecule has 1 unspecified atom stereocenters. The average molecular weight is 291 g/mol. The second-order valence-electron chi connectivity index (χ2n) is 5.22. The summed E-state index contributed by atoms with van der Waals surface area (Å²) in [6, 6.07) is 9.97. The Bertz CT molecular complexity index is 550. The summed E-state index contributed by atoms with van der Waals surface area (Å²) in [5, 5.41) is 21.7. The van der Waals surface area contributed by atoms with E-state index in [9.17, 15) is 10.2 Å². The van der Waals surface area contributed by atoms with Crippen molar-refractivity contribution in [2.75, 3.05) is 4.90 Å². The van der Waals surface area contributed by atoms with Crippen molar-refractivity contribution in [2.45, 2.75) is 39.5 Å². The van der Waals surface area contributed by atoms with Crippen molar-refractivity contribution in [3.63, 3.8) is 0 Å². The number of hydrogen-bond acceptors (Lipinski definition) is 4. The Labute approximate surface area is 124 Å². The zero-order valence-corrected chi connectivity index (χ0v) is 12.9. The predicted molar refractivity (Wildman–Crippen MR) is 84.4 cm³/mol. The summed E-state index contributed by atoms with van der Waals surface area (Å²) in [5.74, 6) is 0.148. The highest BCUT2D eigenvalue weighted by atomic mass is 32.1. The fourth-order valence-corrected chi connectivity index (χ4v) is 2.91. The summed E-state index contributed by atoms with van der Waals surface area (Å²) in [6.07, 6.45) is -0.658. The molecule has 1 heterocycles. The molecule has 0 bridgehead atoms. The lowest BCUT2D eigenvalue weighted by atomic mass is 10.1. The van der Waals surface area contributed by atoms with E-state index in [-0.39, 0.29) is 5.75 Å². The molecule has 2 N–H and O–H groups in total. The average Bonchev–Trinajstić information content (AvgIpc) is 2.87. The van der Waals surface area contributed by atoms with Crippen molar-refractivity contribution >= 4 is 17.0 Å². The lowest BCUT2D eigenvalue weighted by Gasteiger charge is -2.29. The van der Waals surface area contributed by atoms with Gasteiger partial charge in [0.2, 0.25) is 0 Å². The van der Waals surface area contributed by atoms with Gasteiger partial charge in [-0.3, -0.25) is 0 Å². The third-order valence-electron chi connectivity index (χ3n) is 3.33. The first-order valence-electron chi connectivity index (χ1n) is 6.79. The number of nitrogens with zero attached hydrogens (tertiary/aromatic N) is 1. The van der Waals surface area contributed by atoms with E-state index < -0.39 is 6.10 Å². The van der Waals surface area contributed by atoms with Crippen LogP contribution in [0, 0.1) is 0 Å². The zero-order valence-electron chi connectivity index (χ0n) is 12.1. The number of aliphatic hydroxyl groups excluding tert-OH is 1. The highest BCUT2D eigenvalue weighted by Crippen LogP contribution is 2.31. The Morgan fingerprint density at radius 2 is 1.95 bits per heavy atom. The summed E-state index contributed by atoms with van der Waals surface area (Å²) in [4.78, 5) is 3.52. The highest BCUT2D eigenvalue weighted by Gasteiger charge is 2.15. The van der Waals surface area contributed by atoms with Gasteiger partial charge in [-0.2, -0.15) is 0 Å².